The van der Waals surface area contributed by atoms with Crippen molar-refractivity contribution in [3.8, 4) is 0 Å². The van der Waals surface area contributed by atoms with Crippen LogP contribution in [0.4, 0.5) is 4.39 Å². The number of aliphatic hydroxyl groups excluding tert-OH is 1. The molecule has 5 rings (SSSR count). The predicted molar refractivity (Wildman–Crippen MR) is 122 cm³/mol. The van der Waals surface area contributed by atoms with Crippen molar-refractivity contribution in [2.24, 2.45) is 5.92 Å². The Morgan fingerprint density at radius 1 is 0.967 bits per heavy atom. The molecule has 1 saturated carbocycles. The molecule has 0 unspecified atom stereocenters. The van der Waals surface area contributed by atoms with Gasteiger partial charge in [0.05, 0.1) is 6.10 Å². The molecular weight excluding hydrogens is 417 g/mol. The normalized spacial score (nSPS) is 24.5. The van der Waals surface area contributed by atoms with E-state index in [0.717, 1.165) is 84.5 Å². The number of likely N-dealkylation sites (tertiary alicyclic amines) is 1. The SMILES string of the molecule is OC1CCC(CN2CCC(=C3c4ccc(F)cc4Sc4ccc(Cl)cc43)CC2)CC1. The van der Waals surface area contributed by atoms with Crippen molar-refractivity contribution in [2.75, 3.05) is 19.6 Å². The second-order valence-corrected chi connectivity index (χ2v) is 10.4. The van der Waals surface area contributed by atoms with E-state index >= 15 is 0 Å². The van der Waals surface area contributed by atoms with Crippen LogP contribution in [0.5, 0.6) is 0 Å². The van der Waals surface area contributed by atoms with Gasteiger partial charge in [0, 0.05) is 34.4 Å². The molecule has 2 aromatic rings. The Balaban J connectivity index is 1.40. The van der Waals surface area contributed by atoms with E-state index in [-0.39, 0.29) is 11.9 Å². The fraction of sp³-hybridized carbons (Fsp3) is 0.440. The van der Waals surface area contributed by atoms with E-state index in [2.05, 4.69) is 17.0 Å². The average Bonchev–Trinajstić information content (AvgIpc) is 2.74. The lowest BCUT2D eigenvalue weighted by atomic mass is 9.85. The molecule has 2 heterocycles. The summed E-state index contributed by atoms with van der Waals surface area (Å²) in [4.78, 5) is 4.74. The maximum atomic E-state index is 13.9. The van der Waals surface area contributed by atoms with E-state index in [1.807, 2.05) is 12.1 Å². The first-order valence-corrected chi connectivity index (χ1v) is 12.2. The Morgan fingerprint density at radius 3 is 2.50 bits per heavy atom. The zero-order valence-electron chi connectivity index (χ0n) is 17.0. The monoisotopic (exact) mass is 443 g/mol. The van der Waals surface area contributed by atoms with Crippen molar-refractivity contribution in [2.45, 2.75) is 54.4 Å². The summed E-state index contributed by atoms with van der Waals surface area (Å²) in [7, 11) is 0. The second-order valence-electron chi connectivity index (χ2n) is 8.84. The molecule has 0 amide bonds. The topological polar surface area (TPSA) is 23.5 Å². The Labute approximate surface area is 187 Å². The number of hydrogen-bond acceptors (Lipinski definition) is 3. The highest BCUT2D eigenvalue weighted by Gasteiger charge is 2.28. The van der Waals surface area contributed by atoms with Crippen LogP contribution in [0.2, 0.25) is 5.02 Å². The Hall–Kier alpha value is -1.33. The Bertz CT molecular complexity index is 973. The molecule has 2 nitrogen and oxygen atoms in total. The van der Waals surface area contributed by atoms with Crippen LogP contribution in [0.3, 0.4) is 0 Å². The molecule has 30 heavy (non-hydrogen) atoms. The Kier molecular flexibility index (Phi) is 5.94. The highest BCUT2D eigenvalue weighted by atomic mass is 35.5. The maximum absolute atomic E-state index is 13.9. The summed E-state index contributed by atoms with van der Waals surface area (Å²) in [5.41, 5.74) is 5.06. The van der Waals surface area contributed by atoms with Gasteiger partial charge in [-0.15, -0.1) is 0 Å². The smallest absolute Gasteiger partial charge is 0.124 e. The number of hydrogen-bond donors (Lipinski definition) is 1. The average molecular weight is 444 g/mol. The number of benzene rings is 2. The van der Waals surface area contributed by atoms with E-state index in [1.165, 1.54) is 16.7 Å². The molecule has 0 radical (unpaired) electrons. The van der Waals surface area contributed by atoms with Gasteiger partial charge in [-0.3, -0.25) is 0 Å². The van der Waals surface area contributed by atoms with Crippen LogP contribution < -0.4 is 0 Å². The van der Waals surface area contributed by atoms with Crippen LogP contribution in [0, 0.1) is 11.7 Å². The third-order valence-electron chi connectivity index (χ3n) is 6.79. The highest BCUT2D eigenvalue weighted by Crippen LogP contribution is 2.48. The number of nitrogens with zero attached hydrogens (tertiary/aromatic N) is 1. The van der Waals surface area contributed by atoms with E-state index in [4.69, 9.17) is 11.6 Å². The molecule has 0 bridgehead atoms. The molecule has 5 heteroatoms. The van der Waals surface area contributed by atoms with Gasteiger partial charge in [-0.2, -0.15) is 0 Å². The van der Waals surface area contributed by atoms with E-state index in [9.17, 15) is 9.50 Å². The summed E-state index contributed by atoms with van der Waals surface area (Å²) >= 11 is 7.99. The minimum atomic E-state index is -0.185. The van der Waals surface area contributed by atoms with Crippen molar-refractivity contribution >= 4 is 28.9 Å². The molecule has 2 aliphatic heterocycles. The number of piperidine rings is 1. The fourth-order valence-electron chi connectivity index (χ4n) is 5.17. The molecule has 2 fully saturated rings. The van der Waals surface area contributed by atoms with Crippen LogP contribution in [0.1, 0.15) is 49.7 Å². The highest BCUT2D eigenvalue weighted by molar-refractivity contribution is 7.99. The maximum Gasteiger partial charge on any atom is 0.124 e. The van der Waals surface area contributed by atoms with Crippen LogP contribution in [-0.4, -0.2) is 35.7 Å². The van der Waals surface area contributed by atoms with Crippen molar-refractivity contribution in [3.05, 3.63) is 63.9 Å². The van der Waals surface area contributed by atoms with Gasteiger partial charge in [-0.25, -0.2) is 4.39 Å². The molecule has 1 saturated heterocycles. The molecule has 3 aliphatic rings. The lowest BCUT2D eigenvalue weighted by molar-refractivity contribution is 0.0923. The van der Waals surface area contributed by atoms with E-state index < -0.39 is 0 Å². The second kappa shape index (κ2) is 8.66. The number of aliphatic hydroxyl groups is 1. The standard InChI is InChI=1S/C25H27ClFNOS/c26-18-3-8-23-22(13-18)25(21-7-4-19(27)14-24(21)30-23)17-9-11-28(12-10-17)15-16-1-5-20(29)6-2-16/h3-4,7-8,13-14,16,20,29H,1-2,5-6,9-12,15H2. The molecule has 1 N–H and O–H groups in total. The van der Waals surface area contributed by atoms with E-state index in [0.29, 0.717) is 0 Å². The third kappa shape index (κ3) is 4.20. The zero-order chi connectivity index (χ0) is 20.7. The largest absolute Gasteiger partial charge is 0.393 e. The van der Waals surface area contributed by atoms with Gasteiger partial charge < -0.3 is 10.0 Å². The summed E-state index contributed by atoms with van der Waals surface area (Å²) in [5.74, 6) is 0.535. The first kappa shape index (κ1) is 20.6. The summed E-state index contributed by atoms with van der Waals surface area (Å²) in [6.45, 7) is 3.28. The number of fused-ring (bicyclic) bond motifs is 2. The van der Waals surface area contributed by atoms with Gasteiger partial charge in [0.15, 0.2) is 0 Å². The van der Waals surface area contributed by atoms with E-state index in [1.54, 1.807) is 23.9 Å². The minimum Gasteiger partial charge on any atom is -0.393 e. The quantitative estimate of drug-likeness (QED) is 0.496. The molecule has 0 atom stereocenters. The van der Waals surface area contributed by atoms with Crippen LogP contribution >= 0.6 is 23.4 Å². The first-order valence-electron chi connectivity index (χ1n) is 11.0. The summed E-state index contributed by atoms with van der Waals surface area (Å²) in [5, 5.41) is 10.5. The number of halogens is 2. The van der Waals surface area contributed by atoms with Crippen LogP contribution in [0.25, 0.3) is 5.57 Å². The number of rotatable bonds is 2. The molecule has 2 aromatic carbocycles. The summed E-state index contributed by atoms with van der Waals surface area (Å²) < 4.78 is 13.9. The lowest BCUT2D eigenvalue weighted by Gasteiger charge is -2.35. The first-order chi connectivity index (χ1) is 14.6. The summed E-state index contributed by atoms with van der Waals surface area (Å²) in [6.07, 6.45) is 6.20. The van der Waals surface area contributed by atoms with Crippen LogP contribution in [-0.2, 0) is 0 Å². The zero-order valence-corrected chi connectivity index (χ0v) is 18.6. The fourth-order valence-corrected chi connectivity index (χ4v) is 6.43. The van der Waals surface area contributed by atoms with Gasteiger partial charge >= 0.3 is 0 Å². The van der Waals surface area contributed by atoms with Gasteiger partial charge in [-0.1, -0.05) is 35.0 Å². The lowest BCUT2D eigenvalue weighted by Crippen LogP contribution is -2.36. The van der Waals surface area contributed by atoms with Crippen molar-refractivity contribution < 1.29 is 9.50 Å². The molecule has 158 valence electrons. The molecular formula is C25H27ClFNOS. The van der Waals surface area contributed by atoms with Gasteiger partial charge in [0.25, 0.3) is 0 Å². The molecule has 0 spiro atoms. The van der Waals surface area contributed by atoms with Crippen LogP contribution in [0.15, 0.2) is 51.8 Å². The van der Waals surface area contributed by atoms with Gasteiger partial charge in [0.2, 0.25) is 0 Å². The molecule has 0 aromatic heterocycles. The van der Waals surface area contributed by atoms with Gasteiger partial charge in [-0.05, 0) is 91.5 Å². The van der Waals surface area contributed by atoms with Crippen molar-refractivity contribution in [1.29, 1.82) is 0 Å². The van der Waals surface area contributed by atoms with Crippen molar-refractivity contribution in [1.82, 2.24) is 4.90 Å². The minimum absolute atomic E-state index is 0.0834. The Morgan fingerprint density at radius 2 is 1.73 bits per heavy atom. The van der Waals surface area contributed by atoms with Crippen molar-refractivity contribution in [3.63, 3.8) is 0 Å². The summed E-state index contributed by atoms with van der Waals surface area (Å²) in [6, 6.07) is 11.2. The predicted octanol–water partition coefficient (Wildman–Crippen LogP) is 6.39. The molecule has 1 aliphatic carbocycles. The third-order valence-corrected chi connectivity index (χ3v) is 8.16. The van der Waals surface area contributed by atoms with Gasteiger partial charge in [0.1, 0.15) is 5.82 Å².